The Kier molecular flexibility index (Phi) is 9.42. The Labute approximate surface area is 146 Å². The molecule has 1 atom stereocenters. The van der Waals surface area contributed by atoms with Gasteiger partial charge in [-0.15, -0.1) is 0 Å². The summed E-state index contributed by atoms with van der Waals surface area (Å²) in [6, 6.07) is 0. The Bertz CT molecular complexity index is 355. The van der Waals surface area contributed by atoms with Crippen LogP contribution in [0.3, 0.4) is 0 Å². The van der Waals surface area contributed by atoms with E-state index in [0.717, 1.165) is 91.3 Å². The van der Waals surface area contributed by atoms with Gasteiger partial charge >= 0.3 is 0 Å². The van der Waals surface area contributed by atoms with Crippen LogP contribution in [0.15, 0.2) is 4.99 Å². The van der Waals surface area contributed by atoms with Gasteiger partial charge in [-0.2, -0.15) is 0 Å². The predicted octanol–water partition coefficient (Wildman–Crippen LogP) is -0.158. The molecule has 1 unspecified atom stereocenters. The van der Waals surface area contributed by atoms with Crippen LogP contribution in [0.4, 0.5) is 0 Å². The fourth-order valence-electron chi connectivity index (χ4n) is 3.03. The molecule has 0 amide bonds. The first-order valence-electron chi connectivity index (χ1n) is 9.40. The van der Waals surface area contributed by atoms with E-state index in [-0.39, 0.29) is 0 Å². The van der Waals surface area contributed by atoms with E-state index >= 15 is 0 Å². The van der Waals surface area contributed by atoms with Gasteiger partial charge in [0.2, 0.25) is 0 Å². The van der Waals surface area contributed by atoms with E-state index in [2.05, 4.69) is 34.3 Å². The molecule has 140 valence electrons. The number of hydrogen-bond donors (Lipinski definition) is 2. The Hall–Kier alpha value is -0.890. The molecule has 0 bridgehead atoms. The minimum Gasteiger partial charge on any atom is -0.379 e. The van der Waals surface area contributed by atoms with Gasteiger partial charge in [0.25, 0.3) is 0 Å². The number of ether oxygens (including phenoxy) is 2. The second kappa shape index (κ2) is 11.6. The zero-order valence-electron chi connectivity index (χ0n) is 15.4. The van der Waals surface area contributed by atoms with Crippen LogP contribution in [0.2, 0.25) is 0 Å². The summed E-state index contributed by atoms with van der Waals surface area (Å²) in [7, 11) is 0. The standard InChI is InChI=1S/C17H35N5O2/c1-3-18-17(19-4-5-21-6-10-23-11-7-21)20-14-16(2)15-22-8-12-24-13-9-22/h16H,3-15H2,1-2H3,(H2,18,19,20). The van der Waals surface area contributed by atoms with E-state index in [9.17, 15) is 0 Å². The highest BCUT2D eigenvalue weighted by molar-refractivity contribution is 5.79. The van der Waals surface area contributed by atoms with Crippen molar-refractivity contribution in [2.75, 3.05) is 85.3 Å². The van der Waals surface area contributed by atoms with Crippen LogP contribution in [0.25, 0.3) is 0 Å². The molecule has 0 saturated carbocycles. The Balaban J connectivity index is 1.66. The molecule has 0 aromatic heterocycles. The Morgan fingerprint density at radius 3 is 2.25 bits per heavy atom. The fourth-order valence-corrected chi connectivity index (χ4v) is 3.03. The quantitative estimate of drug-likeness (QED) is 0.473. The van der Waals surface area contributed by atoms with Crippen LogP contribution in [-0.2, 0) is 9.47 Å². The van der Waals surface area contributed by atoms with Crippen LogP contribution in [0.5, 0.6) is 0 Å². The first-order valence-corrected chi connectivity index (χ1v) is 9.40. The molecule has 0 aromatic rings. The van der Waals surface area contributed by atoms with Gasteiger partial charge in [0, 0.05) is 58.9 Å². The maximum atomic E-state index is 5.40. The van der Waals surface area contributed by atoms with E-state index in [1.54, 1.807) is 0 Å². The third-order valence-corrected chi connectivity index (χ3v) is 4.40. The van der Waals surface area contributed by atoms with Gasteiger partial charge in [-0.05, 0) is 12.8 Å². The summed E-state index contributed by atoms with van der Waals surface area (Å²) in [6.45, 7) is 16.8. The average Bonchev–Trinajstić information content (AvgIpc) is 2.61. The molecule has 24 heavy (non-hydrogen) atoms. The van der Waals surface area contributed by atoms with E-state index in [1.165, 1.54) is 0 Å². The minimum atomic E-state index is 0.554. The summed E-state index contributed by atoms with van der Waals surface area (Å²) in [6.07, 6.45) is 0. The lowest BCUT2D eigenvalue weighted by Crippen LogP contribution is -2.44. The van der Waals surface area contributed by atoms with Crippen molar-refractivity contribution in [1.82, 2.24) is 20.4 Å². The van der Waals surface area contributed by atoms with Gasteiger partial charge in [0.15, 0.2) is 5.96 Å². The van der Waals surface area contributed by atoms with E-state index in [1.807, 2.05) is 0 Å². The highest BCUT2D eigenvalue weighted by atomic mass is 16.5. The number of aliphatic imine (C=N–C) groups is 1. The van der Waals surface area contributed by atoms with Crippen molar-refractivity contribution in [3.63, 3.8) is 0 Å². The molecular weight excluding hydrogens is 306 g/mol. The van der Waals surface area contributed by atoms with Crippen molar-refractivity contribution in [2.45, 2.75) is 13.8 Å². The minimum absolute atomic E-state index is 0.554. The van der Waals surface area contributed by atoms with Gasteiger partial charge in [-0.25, -0.2) is 0 Å². The third-order valence-electron chi connectivity index (χ3n) is 4.40. The van der Waals surface area contributed by atoms with Crippen molar-refractivity contribution < 1.29 is 9.47 Å². The molecule has 0 spiro atoms. The average molecular weight is 342 g/mol. The van der Waals surface area contributed by atoms with Crippen molar-refractivity contribution in [1.29, 1.82) is 0 Å². The maximum Gasteiger partial charge on any atom is 0.191 e. The summed E-state index contributed by atoms with van der Waals surface area (Å²) in [5.41, 5.74) is 0. The lowest BCUT2D eigenvalue weighted by atomic mass is 10.1. The van der Waals surface area contributed by atoms with Crippen molar-refractivity contribution in [3.05, 3.63) is 0 Å². The normalized spacial score (nSPS) is 22.3. The van der Waals surface area contributed by atoms with Crippen molar-refractivity contribution >= 4 is 5.96 Å². The SMILES string of the molecule is CCNC(=NCC(C)CN1CCOCC1)NCCN1CCOCC1. The molecule has 2 N–H and O–H groups in total. The van der Waals surface area contributed by atoms with E-state index in [4.69, 9.17) is 14.5 Å². The first-order chi connectivity index (χ1) is 11.8. The Morgan fingerprint density at radius 1 is 1.00 bits per heavy atom. The summed E-state index contributed by atoms with van der Waals surface area (Å²) < 4.78 is 10.8. The maximum absolute atomic E-state index is 5.40. The summed E-state index contributed by atoms with van der Waals surface area (Å²) in [4.78, 5) is 9.66. The number of hydrogen-bond acceptors (Lipinski definition) is 5. The van der Waals surface area contributed by atoms with Gasteiger partial charge in [-0.1, -0.05) is 6.92 Å². The lowest BCUT2D eigenvalue weighted by molar-refractivity contribution is 0.0323. The Morgan fingerprint density at radius 2 is 1.62 bits per heavy atom. The summed E-state index contributed by atoms with van der Waals surface area (Å²) in [5.74, 6) is 1.48. The lowest BCUT2D eigenvalue weighted by Gasteiger charge is -2.28. The summed E-state index contributed by atoms with van der Waals surface area (Å²) >= 11 is 0. The van der Waals surface area contributed by atoms with Gasteiger partial charge in [0.05, 0.1) is 26.4 Å². The highest BCUT2D eigenvalue weighted by Crippen LogP contribution is 2.04. The number of nitrogens with one attached hydrogen (secondary N) is 2. The van der Waals surface area contributed by atoms with Crippen molar-refractivity contribution in [3.8, 4) is 0 Å². The zero-order chi connectivity index (χ0) is 17.0. The molecular formula is C17H35N5O2. The fraction of sp³-hybridized carbons (Fsp3) is 0.941. The van der Waals surface area contributed by atoms with Crippen LogP contribution in [-0.4, -0.2) is 101 Å². The van der Waals surface area contributed by atoms with Crippen LogP contribution < -0.4 is 10.6 Å². The van der Waals surface area contributed by atoms with Gasteiger partial charge < -0.3 is 20.1 Å². The molecule has 2 saturated heterocycles. The van der Waals surface area contributed by atoms with Crippen LogP contribution >= 0.6 is 0 Å². The summed E-state index contributed by atoms with van der Waals surface area (Å²) in [5, 5.41) is 6.79. The highest BCUT2D eigenvalue weighted by Gasteiger charge is 2.14. The third kappa shape index (κ3) is 7.79. The molecule has 0 radical (unpaired) electrons. The van der Waals surface area contributed by atoms with E-state index in [0.29, 0.717) is 5.92 Å². The first kappa shape index (κ1) is 19.4. The molecule has 0 aliphatic carbocycles. The van der Waals surface area contributed by atoms with Crippen LogP contribution in [0.1, 0.15) is 13.8 Å². The molecule has 7 heteroatoms. The monoisotopic (exact) mass is 341 g/mol. The second-order valence-electron chi connectivity index (χ2n) is 6.62. The molecule has 2 heterocycles. The molecule has 2 aliphatic rings. The van der Waals surface area contributed by atoms with Gasteiger partial charge in [-0.3, -0.25) is 14.8 Å². The number of guanidine groups is 1. The molecule has 2 rings (SSSR count). The van der Waals surface area contributed by atoms with Crippen LogP contribution in [0, 0.1) is 5.92 Å². The molecule has 2 aliphatic heterocycles. The molecule has 0 aromatic carbocycles. The second-order valence-corrected chi connectivity index (χ2v) is 6.62. The van der Waals surface area contributed by atoms with Gasteiger partial charge in [0.1, 0.15) is 0 Å². The largest absolute Gasteiger partial charge is 0.379 e. The topological polar surface area (TPSA) is 61.4 Å². The predicted molar refractivity (Wildman–Crippen MR) is 97.7 cm³/mol. The zero-order valence-corrected chi connectivity index (χ0v) is 15.4. The molecule has 7 nitrogen and oxygen atoms in total. The smallest absolute Gasteiger partial charge is 0.191 e. The number of rotatable bonds is 8. The number of nitrogens with zero attached hydrogens (tertiary/aromatic N) is 3. The number of morpholine rings is 2. The van der Waals surface area contributed by atoms with E-state index < -0.39 is 0 Å². The molecule has 2 fully saturated rings. The van der Waals surface area contributed by atoms with Crippen molar-refractivity contribution in [2.24, 2.45) is 10.9 Å².